The average Bonchev–Trinajstić information content (AvgIpc) is 3.13. The minimum Gasteiger partial charge on any atom is -0.467 e. The zero-order chi connectivity index (χ0) is 17.5. The average molecular weight is 331 g/mol. The Balaban J connectivity index is 1.76. The summed E-state index contributed by atoms with van der Waals surface area (Å²) in [4.78, 5) is 14.5. The van der Waals surface area contributed by atoms with Gasteiger partial charge in [0.1, 0.15) is 5.76 Å². The summed E-state index contributed by atoms with van der Waals surface area (Å²) >= 11 is 0. The highest BCUT2D eigenvalue weighted by Gasteiger charge is 2.13. The van der Waals surface area contributed by atoms with E-state index in [-0.39, 0.29) is 5.91 Å². The van der Waals surface area contributed by atoms with Crippen molar-refractivity contribution < 1.29 is 9.21 Å². The molecule has 3 heteroatoms. The van der Waals surface area contributed by atoms with E-state index in [2.05, 4.69) is 6.07 Å². The van der Waals surface area contributed by atoms with E-state index >= 15 is 0 Å². The molecule has 1 aromatic heterocycles. The zero-order valence-electron chi connectivity index (χ0n) is 14.3. The first-order valence-corrected chi connectivity index (χ1v) is 8.31. The van der Waals surface area contributed by atoms with Gasteiger partial charge in [-0.3, -0.25) is 4.79 Å². The van der Waals surface area contributed by atoms with Gasteiger partial charge >= 0.3 is 0 Å². The maximum atomic E-state index is 12.7. The van der Waals surface area contributed by atoms with E-state index in [0.717, 1.165) is 16.9 Å². The molecule has 0 atom stereocenters. The van der Waals surface area contributed by atoms with E-state index in [1.165, 1.54) is 5.56 Å². The summed E-state index contributed by atoms with van der Waals surface area (Å²) in [5.74, 6) is 0.731. The molecular weight excluding hydrogens is 310 g/mol. The topological polar surface area (TPSA) is 33.5 Å². The van der Waals surface area contributed by atoms with Gasteiger partial charge in [-0.05, 0) is 36.3 Å². The van der Waals surface area contributed by atoms with Crippen molar-refractivity contribution in [2.24, 2.45) is 0 Å². The minimum absolute atomic E-state index is 0.0400. The van der Waals surface area contributed by atoms with Crippen LogP contribution >= 0.6 is 0 Å². The van der Waals surface area contributed by atoms with Crippen molar-refractivity contribution in [1.29, 1.82) is 0 Å². The second kappa shape index (κ2) is 8.15. The summed E-state index contributed by atoms with van der Waals surface area (Å²) in [5.41, 5.74) is 3.28. The van der Waals surface area contributed by atoms with Gasteiger partial charge in [0.2, 0.25) is 5.91 Å². The Kier molecular flexibility index (Phi) is 5.47. The molecule has 0 saturated carbocycles. The molecule has 3 rings (SSSR count). The monoisotopic (exact) mass is 331 g/mol. The summed E-state index contributed by atoms with van der Waals surface area (Å²) in [6.45, 7) is 3.02. The minimum atomic E-state index is -0.0400. The Morgan fingerprint density at radius 3 is 2.56 bits per heavy atom. The molecule has 2 aromatic carbocycles. The lowest BCUT2D eigenvalue weighted by Gasteiger charge is -2.20. The molecular formula is C22H21NO2. The lowest BCUT2D eigenvalue weighted by molar-refractivity contribution is -0.127. The summed E-state index contributed by atoms with van der Waals surface area (Å²) in [5, 5.41) is 0. The maximum absolute atomic E-state index is 12.7. The van der Waals surface area contributed by atoms with E-state index in [9.17, 15) is 4.79 Å². The molecule has 1 amide bonds. The Bertz CT molecular complexity index is 835. The molecule has 0 spiro atoms. The van der Waals surface area contributed by atoms with Crippen LogP contribution in [-0.2, 0) is 17.9 Å². The van der Waals surface area contributed by atoms with E-state index in [1.54, 1.807) is 17.2 Å². The number of benzene rings is 2. The molecule has 0 N–H and O–H groups in total. The van der Waals surface area contributed by atoms with Crippen molar-refractivity contribution in [3.63, 3.8) is 0 Å². The van der Waals surface area contributed by atoms with E-state index in [1.807, 2.05) is 73.7 Å². The van der Waals surface area contributed by atoms with E-state index in [4.69, 9.17) is 4.42 Å². The number of carbonyl (C=O) groups is 1. The number of furan rings is 1. The third kappa shape index (κ3) is 4.95. The number of hydrogen-bond donors (Lipinski definition) is 0. The molecule has 0 unspecified atom stereocenters. The number of aryl methyl sites for hydroxylation is 1. The molecule has 0 fully saturated rings. The fraction of sp³-hybridized carbons (Fsp3) is 0.136. The first-order chi connectivity index (χ1) is 12.2. The molecule has 0 aliphatic heterocycles. The van der Waals surface area contributed by atoms with Crippen LogP contribution in [0.2, 0.25) is 0 Å². The largest absolute Gasteiger partial charge is 0.467 e. The molecule has 0 saturated heterocycles. The standard InChI is InChI=1S/C22H21NO2/c1-18-7-5-10-19(15-18)12-13-22(24)23(17-21-11-6-14-25-21)16-20-8-3-2-4-9-20/h2-15H,16-17H2,1H3/b13-12+. The predicted octanol–water partition coefficient (Wildman–Crippen LogP) is 4.83. The van der Waals surface area contributed by atoms with Crippen LogP contribution in [0.3, 0.4) is 0 Å². The van der Waals surface area contributed by atoms with Crippen LogP contribution < -0.4 is 0 Å². The van der Waals surface area contributed by atoms with Gasteiger partial charge in [-0.1, -0.05) is 60.2 Å². The highest BCUT2D eigenvalue weighted by molar-refractivity contribution is 5.91. The van der Waals surface area contributed by atoms with Crippen LogP contribution in [0.5, 0.6) is 0 Å². The fourth-order valence-corrected chi connectivity index (χ4v) is 2.65. The molecule has 126 valence electrons. The molecule has 0 radical (unpaired) electrons. The van der Waals surface area contributed by atoms with Crippen LogP contribution in [0.25, 0.3) is 6.08 Å². The van der Waals surface area contributed by atoms with Crippen LogP contribution in [0.4, 0.5) is 0 Å². The first kappa shape index (κ1) is 16.8. The molecule has 1 heterocycles. The van der Waals surface area contributed by atoms with E-state index < -0.39 is 0 Å². The normalized spacial score (nSPS) is 10.9. The third-order valence-corrected chi connectivity index (χ3v) is 3.92. The number of nitrogens with zero attached hydrogens (tertiary/aromatic N) is 1. The number of rotatable bonds is 6. The van der Waals surface area contributed by atoms with Gasteiger partial charge in [0.25, 0.3) is 0 Å². The van der Waals surface area contributed by atoms with Crippen LogP contribution in [0.15, 0.2) is 83.5 Å². The number of amides is 1. The lowest BCUT2D eigenvalue weighted by Crippen LogP contribution is -2.28. The van der Waals surface area contributed by atoms with Gasteiger partial charge in [0.05, 0.1) is 12.8 Å². The Hall–Kier alpha value is -3.07. The van der Waals surface area contributed by atoms with Gasteiger partial charge in [0, 0.05) is 12.6 Å². The number of carbonyl (C=O) groups excluding carboxylic acids is 1. The fourth-order valence-electron chi connectivity index (χ4n) is 2.65. The van der Waals surface area contributed by atoms with Crippen molar-refractivity contribution >= 4 is 12.0 Å². The Morgan fingerprint density at radius 2 is 1.84 bits per heavy atom. The molecule has 25 heavy (non-hydrogen) atoms. The van der Waals surface area contributed by atoms with Crippen molar-refractivity contribution in [2.75, 3.05) is 0 Å². The van der Waals surface area contributed by atoms with Gasteiger partial charge in [-0.2, -0.15) is 0 Å². The zero-order valence-corrected chi connectivity index (χ0v) is 14.3. The first-order valence-electron chi connectivity index (χ1n) is 8.31. The Labute approximate surface area is 148 Å². The lowest BCUT2D eigenvalue weighted by atomic mass is 10.1. The highest BCUT2D eigenvalue weighted by atomic mass is 16.3. The highest BCUT2D eigenvalue weighted by Crippen LogP contribution is 2.12. The summed E-state index contributed by atoms with van der Waals surface area (Å²) in [6.07, 6.45) is 5.11. The van der Waals surface area contributed by atoms with E-state index in [0.29, 0.717) is 13.1 Å². The smallest absolute Gasteiger partial charge is 0.247 e. The van der Waals surface area contributed by atoms with Crippen molar-refractivity contribution in [2.45, 2.75) is 20.0 Å². The van der Waals surface area contributed by atoms with Crippen molar-refractivity contribution in [1.82, 2.24) is 4.90 Å². The number of hydrogen-bond acceptors (Lipinski definition) is 2. The second-order valence-corrected chi connectivity index (χ2v) is 6.01. The molecule has 3 nitrogen and oxygen atoms in total. The summed E-state index contributed by atoms with van der Waals surface area (Å²) in [7, 11) is 0. The maximum Gasteiger partial charge on any atom is 0.247 e. The predicted molar refractivity (Wildman–Crippen MR) is 99.6 cm³/mol. The van der Waals surface area contributed by atoms with Crippen LogP contribution in [-0.4, -0.2) is 10.8 Å². The van der Waals surface area contributed by atoms with Crippen LogP contribution in [0.1, 0.15) is 22.5 Å². The van der Waals surface area contributed by atoms with Crippen molar-refractivity contribution in [3.05, 3.63) is 102 Å². The van der Waals surface area contributed by atoms with Gasteiger partial charge < -0.3 is 9.32 Å². The Morgan fingerprint density at radius 1 is 1.00 bits per heavy atom. The van der Waals surface area contributed by atoms with Crippen molar-refractivity contribution in [3.8, 4) is 0 Å². The molecule has 3 aromatic rings. The quantitative estimate of drug-likeness (QED) is 0.606. The van der Waals surface area contributed by atoms with Gasteiger partial charge in [-0.15, -0.1) is 0 Å². The summed E-state index contributed by atoms with van der Waals surface area (Å²) < 4.78 is 5.41. The summed E-state index contributed by atoms with van der Waals surface area (Å²) in [6, 6.07) is 21.8. The molecule has 0 bridgehead atoms. The molecule has 0 aliphatic rings. The SMILES string of the molecule is Cc1cccc(/C=C/C(=O)N(Cc2ccccc2)Cc2ccco2)c1. The van der Waals surface area contributed by atoms with Gasteiger partial charge in [0.15, 0.2) is 0 Å². The molecule has 0 aliphatic carbocycles. The second-order valence-electron chi connectivity index (χ2n) is 6.01. The third-order valence-electron chi connectivity index (χ3n) is 3.92. The van der Waals surface area contributed by atoms with Crippen LogP contribution in [0, 0.1) is 6.92 Å². The van der Waals surface area contributed by atoms with Gasteiger partial charge in [-0.25, -0.2) is 0 Å².